The Morgan fingerprint density at radius 1 is 1.52 bits per heavy atom. The van der Waals surface area contributed by atoms with E-state index in [4.69, 9.17) is 25.7 Å². The van der Waals surface area contributed by atoms with Gasteiger partial charge in [0.1, 0.15) is 11.6 Å². The minimum absolute atomic E-state index is 0.104. The summed E-state index contributed by atoms with van der Waals surface area (Å²) in [5.74, 6) is -1.45. The zero-order valence-corrected chi connectivity index (χ0v) is 11.7. The standard InChI is InChI=1S/C12H19N3O6/c1-11(18)3-4-9(19-2)21-7-8(17)20-6(5(11)16)12(4,7)15-10(13)14/h4-7,9,16,18H,3H2,1-2H3,(H4,13,14,15)/t4-,5+,6-,7-,9+,11+,12-/m1/s1. The molecule has 1 saturated carbocycles. The first kappa shape index (κ1) is 14.5. The number of nitrogens with two attached hydrogens (primary N) is 2. The zero-order valence-electron chi connectivity index (χ0n) is 11.7. The SMILES string of the molecule is CO[C@H]1O[C@@H]2C(=O)O[C@@H]3[C@H](O)[C@@](C)(O)C[C@H]1[C@]23N=C(N)N. The van der Waals surface area contributed by atoms with Crippen LogP contribution in [0.5, 0.6) is 0 Å². The van der Waals surface area contributed by atoms with Gasteiger partial charge in [-0.2, -0.15) is 0 Å². The molecule has 2 saturated heterocycles. The summed E-state index contributed by atoms with van der Waals surface area (Å²) in [5, 5.41) is 20.7. The molecule has 0 spiro atoms. The quantitative estimate of drug-likeness (QED) is 0.247. The third-order valence-electron chi connectivity index (χ3n) is 4.64. The van der Waals surface area contributed by atoms with E-state index in [0.29, 0.717) is 0 Å². The fraction of sp³-hybridized carbons (Fsp3) is 0.833. The lowest BCUT2D eigenvalue weighted by atomic mass is 9.64. The lowest BCUT2D eigenvalue weighted by molar-refractivity contribution is -0.207. The summed E-state index contributed by atoms with van der Waals surface area (Å²) >= 11 is 0. The van der Waals surface area contributed by atoms with E-state index in [1.165, 1.54) is 14.0 Å². The van der Waals surface area contributed by atoms with Crippen LogP contribution in [0.15, 0.2) is 4.99 Å². The van der Waals surface area contributed by atoms with Gasteiger partial charge in [0.2, 0.25) is 0 Å². The number of aliphatic imine (C=N–C) groups is 1. The second-order valence-corrected chi connectivity index (χ2v) is 6.01. The molecule has 2 heterocycles. The molecule has 0 aromatic carbocycles. The summed E-state index contributed by atoms with van der Waals surface area (Å²) in [7, 11) is 1.43. The number of carbonyl (C=O) groups is 1. The number of esters is 1. The number of carbonyl (C=O) groups excluding carboxylic acids is 1. The van der Waals surface area contributed by atoms with Crippen LogP contribution in [0.25, 0.3) is 0 Å². The second-order valence-electron chi connectivity index (χ2n) is 6.01. The zero-order chi connectivity index (χ0) is 15.6. The fourth-order valence-electron chi connectivity index (χ4n) is 3.75. The Morgan fingerprint density at radius 2 is 2.19 bits per heavy atom. The largest absolute Gasteiger partial charge is 0.455 e. The molecule has 0 aromatic heterocycles. The van der Waals surface area contributed by atoms with Crippen molar-refractivity contribution in [2.24, 2.45) is 22.4 Å². The normalized spacial score (nSPS) is 51.4. The number of aliphatic hydroxyl groups is 2. The third-order valence-corrected chi connectivity index (χ3v) is 4.64. The summed E-state index contributed by atoms with van der Waals surface area (Å²) < 4.78 is 16.0. The number of methoxy groups -OCH3 is 1. The summed E-state index contributed by atoms with van der Waals surface area (Å²) in [6.07, 6.45) is -4.15. The summed E-state index contributed by atoms with van der Waals surface area (Å²) in [5.41, 5.74) is 8.23. The second kappa shape index (κ2) is 4.29. The van der Waals surface area contributed by atoms with Gasteiger partial charge < -0.3 is 35.9 Å². The van der Waals surface area contributed by atoms with Crippen LogP contribution in [0.1, 0.15) is 13.3 Å². The number of aliphatic hydroxyl groups excluding tert-OH is 1. The molecule has 0 radical (unpaired) electrons. The van der Waals surface area contributed by atoms with Crippen LogP contribution >= 0.6 is 0 Å². The van der Waals surface area contributed by atoms with Crippen LogP contribution < -0.4 is 11.5 Å². The van der Waals surface area contributed by atoms with Gasteiger partial charge >= 0.3 is 5.97 Å². The Kier molecular flexibility index (Phi) is 2.97. The Balaban J connectivity index is 2.16. The van der Waals surface area contributed by atoms with Gasteiger partial charge in [0.25, 0.3) is 0 Å². The molecule has 118 valence electrons. The van der Waals surface area contributed by atoms with Crippen LogP contribution in [-0.4, -0.2) is 65.0 Å². The first-order valence-electron chi connectivity index (χ1n) is 6.64. The Bertz CT molecular complexity index is 505. The van der Waals surface area contributed by atoms with Crippen LogP contribution in [-0.2, 0) is 19.0 Å². The lowest BCUT2D eigenvalue weighted by Gasteiger charge is -2.47. The van der Waals surface area contributed by atoms with Gasteiger partial charge in [-0.1, -0.05) is 0 Å². The summed E-state index contributed by atoms with van der Waals surface area (Å²) in [4.78, 5) is 16.2. The highest BCUT2D eigenvalue weighted by Crippen LogP contribution is 2.55. The van der Waals surface area contributed by atoms with Gasteiger partial charge in [-0.25, -0.2) is 9.79 Å². The monoisotopic (exact) mass is 301 g/mol. The van der Waals surface area contributed by atoms with E-state index in [2.05, 4.69) is 4.99 Å². The Hall–Kier alpha value is -1.42. The fourth-order valence-corrected chi connectivity index (χ4v) is 3.75. The van der Waals surface area contributed by atoms with Crippen molar-refractivity contribution in [3.8, 4) is 0 Å². The molecule has 3 aliphatic rings. The molecular formula is C12H19N3O6. The van der Waals surface area contributed by atoms with Crippen molar-refractivity contribution in [1.82, 2.24) is 0 Å². The highest BCUT2D eigenvalue weighted by molar-refractivity contribution is 5.83. The predicted molar refractivity (Wildman–Crippen MR) is 68.8 cm³/mol. The van der Waals surface area contributed by atoms with Gasteiger partial charge in [-0.05, 0) is 13.3 Å². The maximum Gasteiger partial charge on any atom is 0.338 e. The van der Waals surface area contributed by atoms with E-state index in [9.17, 15) is 15.0 Å². The minimum atomic E-state index is -1.47. The number of ether oxygens (including phenoxy) is 3. The average Bonchev–Trinajstić information content (AvgIpc) is 2.82. The molecule has 3 fully saturated rings. The molecule has 3 rings (SSSR count). The van der Waals surface area contributed by atoms with Gasteiger partial charge in [-0.3, -0.25) is 0 Å². The predicted octanol–water partition coefficient (Wildman–Crippen LogP) is -2.57. The van der Waals surface area contributed by atoms with E-state index in [-0.39, 0.29) is 12.4 Å². The molecule has 6 N–H and O–H groups in total. The van der Waals surface area contributed by atoms with Crippen LogP contribution in [0.3, 0.4) is 0 Å². The molecule has 0 aromatic rings. The van der Waals surface area contributed by atoms with Crippen molar-refractivity contribution in [2.75, 3.05) is 7.11 Å². The van der Waals surface area contributed by atoms with Crippen LogP contribution in [0, 0.1) is 5.92 Å². The Labute approximate surface area is 120 Å². The lowest BCUT2D eigenvalue weighted by Crippen LogP contribution is -2.66. The van der Waals surface area contributed by atoms with Crippen LogP contribution in [0.2, 0.25) is 0 Å². The van der Waals surface area contributed by atoms with Crippen molar-refractivity contribution in [3.63, 3.8) is 0 Å². The van der Waals surface area contributed by atoms with E-state index in [1.807, 2.05) is 0 Å². The highest BCUT2D eigenvalue weighted by atomic mass is 16.7. The van der Waals surface area contributed by atoms with E-state index < -0.39 is 47.6 Å². The van der Waals surface area contributed by atoms with Crippen molar-refractivity contribution in [2.45, 2.75) is 49.1 Å². The van der Waals surface area contributed by atoms with Gasteiger partial charge in [0.15, 0.2) is 24.5 Å². The summed E-state index contributed by atoms with van der Waals surface area (Å²) in [6.45, 7) is 1.46. The molecule has 0 bridgehead atoms. The molecule has 1 aliphatic carbocycles. The van der Waals surface area contributed by atoms with Crippen molar-refractivity contribution in [3.05, 3.63) is 0 Å². The number of hydrogen-bond acceptors (Lipinski definition) is 7. The minimum Gasteiger partial charge on any atom is -0.455 e. The van der Waals surface area contributed by atoms with E-state index in [1.54, 1.807) is 0 Å². The van der Waals surface area contributed by atoms with Crippen molar-refractivity contribution in [1.29, 1.82) is 0 Å². The first-order valence-corrected chi connectivity index (χ1v) is 6.64. The number of hydrogen-bond donors (Lipinski definition) is 4. The average molecular weight is 301 g/mol. The molecule has 2 aliphatic heterocycles. The van der Waals surface area contributed by atoms with E-state index >= 15 is 0 Å². The number of rotatable bonds is 2. The van der Waals surface area contributed by atoms with Crippen LogP contribution in [0.4, 0.5) is 0 Å². The maximum atomic E-state index is 12.1. The molecular weight excluding hydrogens is 282 g/mol. The Morgan fingerprint density at radius 3 is 2.76 bits per heavy atom. The number of nitrogens with zero attached hydrogens (tertiary/aromatic N) is 1. The molecule has 9 nitrogen and oxygen atoms in total. The van der Waals surface area contributed by atoms with Gasteiger partial charge in [-0.15, -0.1) is 0 Å². The molecule has 0 amide bonds. The molecule has 7 atom stereocenters. The molecule has 21 heavy (non-hydrogen) atoms. The third kappa shape index (κ3) is 1.71. The van der Waals surface area contributed by atoms with Crippen molar-refractivity contribution < 1.29 is 29.2 Å². The van der Waals surface area contributed by atoms with E-state index in [0.717, 1.165) is 0 Å². The molecule has 9 heteroatoms. The topological polar surface area (TPSA) is 150 Å². The number of guanidine groups is 1. The maximum absolute atomic E-state index is 12.1. The highest BCUT2D eigenvalue weighted by Gasteiger charge is 2.75. The first-order chi connectivity index (χ1) is 9.74. The van der Waals surface area contributed by atoms with Crippen molar-refractivity contribution >= 4 is 11.9 Å². The summed E-state index contributed by atoms with van der Waals surface area (Å²) in [6, 6.07) is 0. The van der Waals surface area contributed by atoms with Gasteiger partial charge in [0.05, 0.1) is 5.60 Å². The van der Waals surface area contributed by atoms with Gasteiger partial charge in [0, 0.05) is 13.0 Å². The molecule has 0 unspecified atom stereocenters. The smallest absolute Gasteiger partial charge is 0.338 e.